The second-order valence-electron chi connectivity index (χ2n) is 6.44. The number of morpholine rings is 1. The number of ether oxygens (including phenoxy) is 2. The molecular formula is C18H25FN2O2. The average molecular weight is 320 g/mol. The van der Waals surface area contributed by atoms with Crippen LogP contribution in [0.25, 0.3) is 0 Å². The lowest BCUT2D eigenvalue weighted by Gasteiger charge is -2.43. The number of hydrogen-bond donors (Lipinski definition) is 0. The Morgan fingerprint density at radius 3 is 2.65 bits per heavy atom. The minimum atomic E-state index is -0.280. The predicted octanol–water partition coefficient (Wildman–Crippen LogP) is 1.91. The molecule has 2 fully saturated rings. The van der Waals surface area contributed by atoms with Gasteiger partial charge in [-0.2, -0.15) is 0 Å². The number of hydrogen-bond acceptors (Lipinski definition) is 4. The van der Waals surface area contributed by atoms with Crippen LogP contribution < -0.4 is 0 Å². The second-order valence-corrected chi connectivity index (χ2v) is 6.44. The monoisotopic (exact) mass is 320 g/mol. The van der Waals surface area contributed by atoms with Crippen LogP contribution in [-0.4, -0.2) is 67.9 Å². The molecule has 3 rings (SSSR count). The molecule has 2 aliphatic rings. The maximum atomic E-state index is 13.0. The van der Waals surface area contributed by atoms with Crippen LogP contribution in [0, 0.1) is 5.82 Å². The van der Waals surface area contributed by atoms with Gasteiger partial charge in [-0.3, -0.25) is 9.80 Å². The molecule has 0 N–H and O–H groups in total. The average Bonchev–Trinajstić information content (AvgIpc) is 2.72. The van der Waals surface area contributed by atoms with E-state index in [-0.39, 0.29) is 11.4 Å². The molecule has 1 aromatic rings. The quantitative estimate of drug-likeness (QED) is 0.791. The van der Waals surface area contributed by atoms with Crippen LogP contribution in [0.3, 0.4) is 0 Å². The van der Waals surface area contributed by atoms with Crippen molar-refractivity contribution < 1.29 is 13.9 Å². The largest absolute Gasteiger partial charge is 0.377 e. The molecular weight excluding hydrogens is 295 g/mol. The topological polar surface area (TPSA) is 24.9 Å². The van der Waals surface area contributed by atoms with Crippen LogP contribution in [0.1, 0.15) is 5.56 Å². The van der Waals surface area contributed by atoms with E-state index in [0.29, 0.717) is 13.2 Å². The van der Waals surface area contributed by atoms with Gasteiger partial charge in [0.15, 0.2) is 0 Å². The second kappa shape index (κ2) is 7.53. The molecule has 0 amide bonds. The summed E-state index contributed by atoms with van der Waals surface area (Å²) in [5.74, 6) is -0.190. The lowest BCUT2D eigenvalue weighted by molar-refractivity contribution is -0.142. The van der Waals surface area contributed by atoms with E-state index in [9.17, 15) is 4.39 Å². The highest BCUT2D eigenvalue weighted by Crippen LogP contribution is 2.24. The molecule has 0 aliphatic carbocycles. The summed E-state index contributed by atoms with van der Waals surface area (Å²) in [6.07, 6.45) is 1.93. The zero-order valence-corrected chi connectivity index (χ0v) is 13.5. The Morgan fingerprint density at radius 1 is 1.13 bits per heavy atom. The zero-order valence-electron chi connectivity index (χ0n) is 13.5. The van der Waals surface area contributed by atoms with E-state index in [1.807, 2.05) is 18.2 Å². The molecule has 23 heavy (non-hydrogen) atoms. The Hall–Kier alpha value is -1.27. The van der Waals surface area contributed by atoms with Crippen LogP contribution in [-0.2, 0) is 16.0 Å². The first-order valence-corrected chi connectivity index (χ1v) is 8.21. The standard InChI is InChI=1S/C18H25FN2O2/c1-2-7-20-8-10-22-15-18(13-20)14-21(9-11-23-18)12-16-3-5-17(19)6-4-16/h2-6H,1,7-15H2/t18-/m1/s1. The molecule has 2 aliphatic heterocycles. The third-order valence-electron chi connectivity index (χ3n) is 4.46. The molecule has 0 unspecified atom stereocenters. The number of benzene rings is 1. The molecule has 2 heterocycles. The molecule has 0 bridgehead atoms. The minimum absolute atomic E-state index is 0.190. The fourth-order valence-electron chi connectivity index (χ4n) is 3.41. The SMILES string of the molecule is C=CCN1CCOC[C@@]2(C1)CN(Cc1ccc(F)cc1)CCO2. The van der Waals surface area contributed by atoms with Gasteiger partial charge in [-0.05, 0) is 17.7 Å². The van der Waals surface area contributed by atoms with Gasteiger partial charge in [0.05, 0.1) is 19.8 Å². The predicted molar refractivity (Wildman–Crippen MR) is 87.8 cm³/mol. The summed E-state index contributed by atoms with van der Waals surface area (Å²) in [5.41, 5.74) is 0.846. The molecule has 1 aromatic carbocycles. The van der Waals surface area contributed by atoms with Gasteiger partial charge in [0.1, 0.15) is 11.4 Å². The first kappa shape index (κ1) is 16.6. The van der Waals surface area contributed by atoms with Gasteiger partial charge >= 0.3 is 0 Å². The molecule has 4 nitrogen and oxygen atoms in total. The Bertz CT molecular complexity index is 522. The van der Waals surface area contributed by atoms with Crippen molar-refractivity contribution in [3.8, 4) is 0 Å². The number of nitrogens with zero attached hydrogens (tertiary/aromatic N) is 2. The van der Waals surface area contributed by atoms with Crippen molar-refractivity contribution in [1.29, 1.82) is 0 Å². The molecule has 2 saturated heterocycles. The van der Waals surface area contributed by atoms with Crippen LogP contribution in [0.15, 0.2) is 36.9 Å². The smallest absolute Gasteiger partial charge is 0.123 e. The van der Waals surface area contributed by atoms with E-state index in [1.54, 1.807) is 0 Å². The summed E-state index contributed by atoms with van der Waals surface area (Å²) >= 11 is 0. The lowest BCUT2D eigenvalue weighted by Crippen LogP contribution is -2.58. The normalized spacial score (nSPS) is 27.0. The Morgan fingerprint density at radius 2 is 1.87 bits per heavy atom. The highest BCUT2D eigenvalue weighted by Gasteiger charge is 2.39. The van der Waals surface area contributed by atoms with Gasteiger partial charge in [0, 0.05) is 39.3 Å². The van der Waals surface area contributed by atoms with Crippen molar-refractivity contribution in [3.63, 3.8) is 0 Å². The fourth-order valence-corrected chi connectivity index (χ4v) is 3.41. The summed E-state index contributed by atoms with van der Waals surface area (Å²) < 4.78 is 25.0. The first-order chi connectivity index (χ1) is 11.2. The summed E-state index contributed by atoms with van der Waals surface area (Å²) in [7, 11) is 0. The van der Waals surface area contributed by atoms with Gasteiger partial charge in [0.25, 0.3) is 0 Å². The van der Waals surface area contributed by atoms with Crippen molar-refractivity contribution in [1.82, 2.24) is 9.80 Å². The summed E-state index contributed by atoms with van der Waals surface area (Å²) in [6, 6.07) is 6.74. The van der Waals surface area contributed by atoms with Gasteiger partial charge in [-0.1, -0.05) is 18.2 Å². The molecule has 126 valence electrons. The Labute approximate surface area is 137 Å². The molecule has 1 spiro atoms. The summed E-state index contributed by atoms with van der Waals surface area (Å²) in [6.45, 7) is 11.1. The minimum Gasteiger partial charge on any atom is -0.377 e. The lowest BCUT2D eigenvalue weighted by atomic mass is 10.0. The van der Waals surface area contributed by atoms with E-state index in [2.05, 4.69) is 16.4 Å². The van der Waals surface area contributed by atoms with E-state index >= 15 is 0 Å². The van der Waals surface area contributed by atoms with Crippen LogP contribution >= 0.6 is 0 Å². The molecule has 5 heteroatoms. The van der Waals surface area contributed by atoms with Crippen molar-refractivity contribution in [2.45, 2.75) is 12.1 Å². The van der Waals surface area contributed by atoms with Crippen LogP contribution in [0.4, 0.5) is 4.39 Å². The van der Waals surface area contributed by atoms with Gasteiger partial charge in [-0.15, -0.1) is 6.58 Å². The Balaban J connectivity index is 1.66. The highest BCUT2D eigenvalue weighted by molar-refractivity contribution is 5.16. The summed E-state index contributed by atoms with van der Waals surface area (Å²) in [4.78, 5) is 4.71. The molecule has 0 saturated carbocycles. The van der Waals surface area contributed by atoms with Gasteiger partial charge < -0.3 is 9.47 Å². The van der Waals surface area contributed by atoms with Crippen LogP contribution in [0.5, 0.6) is 0 Å². The van der Waals surface area contributed by atoms with Crippen LogP contribution in [0.2, 0.25) is 0 Å². The van der Waals surface area contributed by atoms with Crippen molar-refractivity contribution in [3.05, 3.63) is 48.3 Å². The fraction of sp³-hybridized carbons (Fsp3) is 0.556. The molecule has 1 atom stereocenters. The molecule has 0 radical (unpaired) electrons. The third-order valence-corrected chi connectivity index (χ3v) is 4.46. The zero-order chi connectivity index (χ0) is 16.1. The van der Waals surface area contributed by atoms with Gasteiger partial charge in [-0.25, -0.2) is 4.39 Å². The summed E-state index contributed by atoms with van der Waals surface area (Å²) in [5, 5.41) is 0. The number of rotatable bonds is 4. The van der Waals surface area contributed by atoms with E-state index in [0.717, 1.165) is 51.4 Å². The van der Waals surface area contributed by atoms with Crippen molar-refractivity contribution in [2.24, 2.45) is 0 Å². The van der Waals surface area contributed by atoms with Crippen molar-refractivity contribution >= 4 is 0 Å². The van der Waals surface area contributed by atoms with E-state index in [1.165, 1.54) is 12.1 Å². The Kier molecular flexibility index (Phi) is 5.43. The maximum absolute atomic E-state index is 13.0. The van der Waals surface area contributed by atoms with E-state index in [4.69, 9.17) is 9.47 Å². The maximum Gasteiger partial charge on any atom is 0.123 e. The highest BCUT2D eigenvalue weighted by atomic mass is 19.1. The van der Waals surface area contributed by atoms with Gasteiger partial charge in [0.2, 0.25) is 0 Å². The first-order valence-electron chi connectivity index (χ1n) is 8.21. The number of halogens is 1. The van der Waals surface area contributed by atoms with Crippen molar-refractivity contribution in [2.75, 3.05) is 52.5 Å². The molecule has 0 aromatic heterocycles. The third kappa shape index (κ3) is 4.38. The van der Waals surface area contributed by atoms with E-state index < -0.39 is 0 Å².